The second kappa shape index (κ2) is 18.4. The minimum absolute atomic E-state index is 0.155. The van der Waals surface area contributed by atoms with Gasteiger partial charge in [-0.05, 0) is 169 Å². The van der Waals surface area contributed by atoms with Crippen molar-refractivity contribution in [1.29, 1.82) is 5.26 Å². The van der Waals surface area contributed by atoms with Crippen molar-refractivity contribution in [2.45, 2.75) is 97.3 Å². The minimum atomic E-state index is -1.16. The molecule has 56 heavy (non-hydrogen) atoms. The average Bonchev–Trinajstić information content (AvgIpc) is 3.23. The second-order valence-corrected chi connectivity index (χ2v) is 15.6. The zero-order valence-corrected chi connectivity index (χ0v) is 33.2. The first-order valence-electron chi connectivity index (χ1n) is 20.9. The van der Waals surface area contributed by atoms with Crippen LogP contribution in [0.2, 0.25) is 0 Å². The van der Waals surface area contributed by atoms with Crippen LogP contribution in [0.15, 0.2) is 126 Å². The zero-order valence-electron chi connectivity index (χ0n) is 33.2. The number of carbonyl (C=O) groups is 1. The molecule has 0 spiro atoms. The molecular weight excluding hydrogens is 687 g/mol. The van der Waals surface area contributed by atoms with Gasteiger partial charge < -0.3 is 14.9 Å². The first kappa shape index (κ1) is 38.7. The molecule has 1 N–H and O–H groups in total. The maximum Gasteiger partial charge on any atom is 0.346 e. The van der Waals surface area contributed by atoms with Gasteiger partial charge in [0.1, 0.15) is 11.6 Å². The molecule has 7 rings (SSSR count). The topological polar surface area (TPSA) is 67.6 Å². The predicted molar refractivity (Wildman–Crippen MR) is 232 cm³/mol. The number of allylic oxidation sites excluding steroid dienone is 6. The van der Waals surface area contributed by atoms with Gasteiger partial charge in [0.15, 0.2) is 0 Å². The number of carboxylic acids is 1. The first-order valence-corrected chi connectivity index (χ1v) is 20.9. The lowest BCUT2D eigenvalue weighted by Gasteiger charge is -2.33. The lowest BCUT2D eigenvalue weighted by atomic mass is 9.89. The van der Waals surface area contributed by atoms with E-state index < -0.39 is 5.97 Å². The SMILES string of the molecule is CCCCc1ccc(N2CCCc3cc(C(=C/C=C/C4=CC(=C(\C#N)C(=O)O)/CCC4)c4ccc5c(c4)CCCN5c4ccc(CCCC)cc4)ccc32)cc1. The molecule has 2 aliphatic heterocycles. The predicted octanol–water partition coefficient (Wildman–Crippen LogP) is 12.5. The third kappa shape index (κ3) is 8.92. The summed E-state index contributed by atoms with van der Waals surface area (Å²) < 4.78 is 0. The molecule has 5 nitrogen and oxygen atoms in total. The summed E-state index contributed by atoms with van der Waals surface area (Å²) in [6.07, 6.45) is 22.0. The molecule has 286 valence electrons. The maximum atomic E-state index is 11.7. The molecule has 0 bridgehead atoms. The molecule has 4 aromatic rings. The number of anilines is 4. The number of hydrogen-bond donors (Lipinski definition) is 1. The number of nitrogens with zero attached hydrogens (tertiary/aromatic N) is 3. The molecule has 0 radical (unpaired) electrons. The van der Waals surface area contributed by atoms with Crippen LogP contribution >= 0.6 is 0 Å². The molecule has 3 aliphatic rings. The molecule has 0 aromatic heterocycles. The molecule has 0 fully saturated rings. The molecule has 0 saturated carbocycles. The van der Waals surface area contributed by atoms with E-state index in [0.717, 1.165) is 75.6 Å². The van der Waals surface area contributed by atoms with Crippen molar-refractivity contribution in [3.05, 3.63) is 159 Å². The van der Waals surface area contributed by atoms with E-state index in [0.29, 0.717) is 12.0 Å². The molecule has 2 heterocycles. The largest absolute Gasteiger partial charge is 0.477 e. The number of unbranched alkanes of at least 4 members (excludes halogenated alkanes) is 2. The van der Waals surface area contributed by atoms with Crippen molar-refractivity contribution in [1.82, 2.24) is 0 Å². The maximum absolute atomic E-state index is 11.7. The van der Waals surface area contributed by atoms with E-state index in [1.807, 2.05) is 12.1 Å². The Morgan fingerprint density at radius 3 is 1.73 bits per heavy atom. The summed E-state index contributed by atoms with van der Waals surface area (Å²) in [6, 6.07) is 34.2. The fourth-order valence-electron chi connectivity index (χ4n) is 8.58. The highest BCUT2D eigenvalue weighted by molar-refractivity contribution is 5.92. The number of carboxylic acid groups (broad SMARTS) is 1. The van der Waals surface area contributed by atoms with Crippen molar-refractivity contribution >= 4 is 34.3 Å². The Morgan fingerprint density at radius 2 is 1.25 bits per heavy atom. The van der Waals surface area contributed by atoms with Gasteiger partial charge in [0, 0.05) is 35.8 Å². The van der Waals surface area contributed by atoms with E-state index >= 15 is 0 Å². The smallest absolute Gasteiger partial charge is 0.346 e. The number of aryl methyl sites for hydroxylation is 4. The van der Waals surface area contributed by atoms with Gasteiger partial charge in [-0.3, -0.25) is 0 Å². The van der Waals surface area contributed by atoms with Crippen LogP contribution in [0.25, 0.3) is 5.57 Å². The van der Waals surface area contributed by atoms with Crippen molar-refractivity contribution in [2.24, 2.45) is 0 Å². The van der Waals surface area contributed by atoms with Crippen LogP contribution in [-0.4, -0.2) is 24.2 Å². The van der Waals surface area contributed by atoms with Crippen molar-refractivity contribution in [2.75, 3.05) is 22.9 Å². The number of rotatable bonds is 13. The number of nitriles is 1. The third-order valence-electron chi connectivity index (χ3n) is 11.6. The fraction of sp³-hybridized carbons (Fsp3) is 0.333. The lowest BCUT2D eigenvalue weighted by molar-refractivity contribution is -0.132. The first-order chi connectivity index (χ1) is 27.4. The van der Waals surface area contributed by atoms with Crippen LogP contribution in [0.5, 0.6) is 0 Å². The highest BCUT2D eigenvalue weighted by Gasteiger charge is 2.23. The van der Waals surface area contributed by atoms with Crippen LogP contribution in [0.1, 0.15) is 105 Å². The van der Waals surface area contributed by atoms with E-state index in [1.165, 1.54) is 81.8 Å². The lowest BCUT2D eigenvalue weighted by Crippen LogP contribution is -2.24. The summed E-state index contributed by atoms with van der Waals surface area (Å²) >= 11 is 0. The Morgan fingerprint density at radius 1 is 0.714 bits per heavy atom. The minimum Gasteiger partial charge on any atom is -0.477 e. The molecule has 5 heteroatoms. The normalized spacial score (nSPS) is 16.1. The van der Waals surface area contributed by atoms with Crippen LogP contribution < -0.4 is 9.80 Å². The van der Waals surface area contributed by atoms with Gasteiger partial charge in [0.2, 0.25) is 0 Å². The monoisotopic (exact) mass is 741 g/mol. The molecule has 0 atom stereocenters. The summed E-state index contributed by atoms with van der Waals surface area (Å²) in [5, 5.41) is 19.1. The number of aliphatic carboxylic acids is 1. The summed E-state index contributed by atoms with van der Waals surface area (Å²) in [5.41, 5.74) is 15.7. The molecular formula is C51H55N3O2. The molecule has 0 amide bonds. The second-order valence-electron chi connectivity index (χ2n) is 15.6. The van der Waals surface area contributed by atoms with Crippen molar-refractivity contribution < 1.29 is 9.90 Å². The Balaban J connectivity index is 1.23. The van der Waals surface area contributed by atoms with E-state index in [4.69, 9.17) is 0 Å². The Hall–Kier alpha value is -5.60. The summed E-state index contributed by atoms with van der Waals surface area (Å²) in [7, 11) is 0. The Bertz CT molecular complexity index is 2080. The van der Waals surface area contributed by atoms with Gasteiger partial charge in [-0.15, -0.1) is 0 Å². The highest BCUT2D eigenvalue weighted by atomic mass is 16.4. The average molecular weight is 742 g/mol. The number of benzene rings is 4. The zero-order chi connectivity index (χ0) is 38.9. The van der Waals surface area contributed by atoms with Crippen molar-refractivity contribution in [3.63, 3.8) is 0 Å². The highest BCUT2D eigenvalue weighted by Crippen LogP contribution is 2.39. The van der Waals surface area contributed by atoms with E-state index in [-0.39, 0.29) is 5.57 Å². The molecule has 0 unspecified atom stereocenters. The van der Waals surface area contributed by atoms with Crippen LogP contribution in [0.3, 0.4) is 0 Å². The third-order valence-corrected chi connectivity index (χ3v) is 11.6. The number of hydrogen-bond acceptors (Lipinski definition) is 4. The van der Waals surface area contributed by atoms with Gasteiger partial charge >= 0.3 is 5.97 Å². The van der Waals surface area contributed by atoms with Crippen LogP contribution in [-0.2, 0) is 30.5 Å². The standard InChI is InChI=1S/C51H55N3O2/c1-3-5-11-37-19-25-45(26-20-37)53-31-9-16-43-34-41(23-29-49(43)53)47(18-8-14-39-13-7-15-40(33-39)48(36-52)51(55)56)42-24-30-50-44(35-42)17-10-32-54(50)46-27-21-38(22-28-46)12-6-4-2/h8,14,18-30,33-35H,3-7,9-13,15-17,31-32H2,1-2H3,(H,55,56)/b14-8+,48-40+. The van der Waals surface area contributed by atoms with Crippen molar-refractivity contribution in [3.8, 4) is 6.07 Å². The van der Waals surface area contributed by atoms with Gasteiger partial charge in [-0.1, -0.05) is 87.4 Å². The Labute approximate surface area is 334 Å². The molecule has 0 saturated heterocycles. The van der Waals surface area contributed by atoms with E-state index in [2.05, 4.69) is 127 Å². The summed E-state index contributed by atoms with van der Waals surface area (Å²) in [4.78, 5) is 16.7. The van der Waals surface area contributed by atoms with Gasteiger partial charge in [0.25, 0.3) is 0 Å². The van der Waals surface area contributed by atoms with Crippen LogP contribution in [0.4, 0.5) is 22.7 Å². The van der Waals surface area contributed by atoms with Gasteiger partial charge in [-0.2, -0.15) is 5.26 Å². The Kier molecular flexibility index (Phi) is 12.7. The molecule has 1 aliphatic carbocycles. The summed E-state index contributed by atoms with van der Waals surface area (Å²) in [6.45, 7) is 6.51. The van der Waals surface area contributed by atoms with Crippen LogP contribution in [0, 0.1) is 11.3 Å². The fourth-order valence-corrected chi connectivity index (χ4v) is 8.58. The quantitative estimate of drug-likeness (QED) is 0.0839. The molecule has 4 aromatic carbocycles. The van der Waals surface area contributed by atoms with E-state index in [9.17, 15) is 15.2 Å². The van der Waals surface area contributed by atoms with E-state index in [1.54, 1.807) is 0 Å². The summed E-state index contributed by atoms with van der Waals surface area (Å²) in [5.74, 6) is -1.16. The van der Waals surface area contributed by atoms with Gasteiger partial charge in [0.05, 0.1) is 0 Å². The number of fused-ring (bicyclic) bond motifs is 2. The van der Waals surface area contributed by atoms with Gasteiger partial charge in [-0.25, -0.2) is 4.79 Å².